The number of carbonyl (C=O) groups excluding carboxylic acids is 3. The Bertz CT molecular complexity index is 889. The topological polar surface area (TPSA) is 87.7 Å². The Labute approximate surface area is 211 Å². The lowest BCUT2D eigenvalue weighted by molar-refractivity contribution is -0.143. The van der Waals surface area contributed by atoms with Crippen LogP contribution in [0, 0.1) is 19.8 Å². The normalized spacial score (nSPS) is 14.0. The molecule has 1 rings (SSSR count). The molecule has 1 aromatic carbocycles. The van der Waals surface area contributed by atoms with Crippen molar-refractivity contribution in [2.45, 2.75) is 98.9 Å². The average molecular weight is 488 g/mol. The molecule has 2 N–H and O–H groups in total. The van der Waals surface area contributed by atoms with Gasteiger partial charge in [-0.3, -0.25) is 9.59 Å². The third-order valence-corrected chi connectivity index (χ3v) is 5.83. The van der Waals surface area contributed by atoms with E-state index in [1.165, 1.54) is 4.90 Å². The monoisotopic (exact) mass is 487 g/mol. The van der Waals surface area contributed by atoms with Crippen LogP contribution in [0.15, 0.2) is 30.9 Å². The Kier molecular flexibility index (Phi) is 11.5. The van der Waals surface area contributed by atoms with Gasteiger partial charge < -0.3 is 20.3 Å². The van der Waals surface area contributed by atoms with Crippen molar-refractivity contribution in [1.29, 1.82) is 0 Å². The second-order valence-electron chi connectivity index (χ2n) is 10.5. The largest absolute Gasteiger partial charge is 0.444 e. The minimum Gasteiger partial charge on any atom is -0.444 e. The molecule has 0 fully saturated rings. The Balaban J connectivity index is 3.51. The molecule has 0 aromatic heterocycles. The summed E-state index contributed by atoms with van der Waals surface area (Å²) in [5, 5.41) is 5.81. The first kappa shape index (κ1) is 30.2. The van der Waals surface area contributed by atoms with E-state index in [9.17, 15) is 14.4 Å². The van der Waals surface area contributed by atoms with Crippen LogP contribution in [0.4, 0.5) is 4.79 Å². The third-order valence-electron chi connectivity index (χ3n) is 5.83. The van der Waals surface area contributed by atoms with E-state index in [4.69, 9.17) is 4.74 Å². The summed E-state index contributed by atoms with van der Waals surface area (Å²) in [6.07, 6.45) is 2.69. The van der Waals surface area contributed by atoms with Crippen molar-refractivity contribution >= 4 is 17.9 Å². The molecule has 1 aromatic rings. The van der Waals surface area contributed by atoms with Gasteiger partial charge in [-0.05, 0) is 70.6 Å². The van der Waals surface area contributed by atoms with Gasteiger partial charge in [-0.1, -0.05) is 51.5 Å². The number of hydrogen-bond donors (Lipinski definition) is 2. The number of carbonyl (C=O) groups is 3. The lowest BCUT2D eigenvalue weighted by atomic mass is 9.93. The van der Waals surface area contributed by atoms with Crippen molar-refractivity contribution in [3.63, 3.8) is 0 Å². The maximum atomic E-state index is 13.9. The van der Waals surface area contributed by atoms with Gasteiger partial charge in [0.25, 0.3) is 0 Å². The number of ether oxygens (including phenoxy) is 1. The van der Waals surface area contributed by atoms with Crippen molar-refractivity contribution < 1.29 is 19.1 Å². The summed E-state index contributed by atoms with van der Waals surface area (Å²) >= 11 is 0. The number of benzene rings is 1. The second kappa shape index (κ2) is 13.3. The highest BCUT2D eigenvalue weighted by atomic mass is 16.6. The molecule has 3 amide bonds. The quantitative estimate of drug-likeness (QED) is 0.419. The van der Waals surface area contributed by atoms with Gasteiger partial charge in [0.15, 0.2) is 0 Å². The molecule has 0 spiro atoms. The van der Waals surface area contributed by atoms with E-state index in [0.29, 0.717) is 0 Å². The smallest absolute Gasteiger partial charge is 0.408 e. The standard InChI is InChI=1S/C28H45N3O4/c1-11-14-20(6)29-25(32)24(22-16-13-15-19(5)21(22)7)31(17-12-2)26(33)23(18(3)4)30-27(34)35-28(8,9)10/h12-13,15-16,18,20,23-24H,2,11,14,17H2,1,3-10H3,(H,29,32)(H,30,34). The zero-order valence-corrected chi connectivity index (χ0v) is 23.0. The first-order valence-electron chi connectivity index (χ1n) is 12.5. The van der Waals surface area contributed by atoms with Crippen molar-refractivity contribution in [2.75, 3.05) is 6.54 Å². The highest BCUT2D eigenvalue weighted by Crippen LogP contribution is 2.28. The molecule has 0 aliphatic heterocycles. The Morgan fingerprint density at radius 2 is 1.74 bits per heavy atom. The second-order valence-corrected chi connectivity index (χ2v) is 10.5. The first-order valence-corrected chi connectivity index (χ1v) is 12.5. The SMILES string of the molecule is C=CCN(C(=O)C(NC(=O)OC(C)(C)C)C(C)C)C(C(=O)NC(C)CCC)c1cccc(C)c1C. The van der Waals surface area contributed by atoms with Gasteiger partial charge in [-0.2, -0.15) is 0 Å². The molecule has 0 heterocycles. The molecule has 7 heteroatoms. The fourth-order valence-electron chi connectivity index (χ4n) is 3.94. The fraction of sp³-hybridized carbons (Fsp3) is 0.607. The number of alkyl carbamates (subject to hydrolysis) is 1. The summed E-state index contributed by atoms with van der Waals surface area (Å²) in [6, 6.07) is 3.96. The predicted molar refractivity (Wildman–Crippen MR) is 141 cm³/mol. The van der Waals surface area contributed by atoms with E-state index in [-0.39, 0.29) is 30.3 Å². The van der Waals surface area contributed by atoms with Crippen LogP contribution >= 0.6 is 0 Å². The summed E-state index contributed by atoms with van der Waals surface area (Å²) < 4.78 is 5.39. The number of amides is 3. The number of rotatable bonds is 11. The van der Waals surface area contributed by atoms with Gasteiger partial charge in [-0.15, -0.1) is 6.58 Å². The van der Waals surface area contributed by atoms with Crippen LogP contribution in [0.3, 0.4) is 0 Å². The molecule has 0 aliphatic carbocycles. The zero-order chi connectivity index (χ0) is 26.9. The number of nitrogens with zero attached hydrogens (tertiary/aromatic N) is 1. The van der Waals surface area contributed by atoms with Gasteiger partial charge in [0.05, 0.1) is 0 Å². The summed E-state index contributed by atoms with van der Waals surface area (Å²) in [6.45, 7) is 20.9. The van der Waals surface area contributed by atoms with Gasteiger partial charge in [0.1, 0.15) is 17.7 Å². The minimum absolute atomic E-state index is 0.0402. The van der Waals surface area contributed by atoms with E-state index in [1.807, 2.05) is 52.8 Å². The average Bonchev–Trinajstić information content (AvgIpc) is 2.72. The molecule has 7 nitrogen and oxygen atoms in total. The zero-order valence-electron chi connectivity index (χ0n) is 23.0. The fourth-order valence-corrected chi connectivity index (χ4v) is 3.94. The maximum absolute atomic E-state index is 13.9. The predicted octanol–water partition coefficient (Wildman–Crippen LogP) is 5.21. The summed E-state index contributed by atoms with van der Waals surface area (Å²) in [5.74, 6) is -0.853. The molecular formula is C28H45N3O4. The Morgan fingerprint density at radius 3 is 2.26 bits per heavy atom. The van der Waals surface area contributed by atoms with Crippen molar-refractivity contribution in [3.05, 3.63) is 47.5 Å². The van der Waals surface area contributed by atoms with E-state index in [1.54, 1.807) is 26.8 Å². The van der Waals surface area contributed by atoms with E-state index in [0.717, 1.165) is 29.5 Å². The van der Waals surface area contributed by atoms with Crippen molar-refractivity contribution in [2.24, 2.45) is 5.92 Å². The molecule has 3 atom stereocenters. The van der Waals surface area contributed by atoms with Gasteiger partial charge >= 0.3 is 6.09 Å². The molecule has 0 aliphatic rings. The maximum Gasteiger partial charge on any atom is 0.408 e. The molecule has 35 heavy (non-hydrogen) atoms. The van der Waals surface area contributed by atoms with Crippen LogP contribution in [0.5, 0.6) is 0 Å². The summed E-state index contributed by atoms with van der Waals surface area (Å²) in [7, 11) is 0. The molecule has 0 radical (unpaired) electrons. The van der Waals surface area contributed by atoms with Gasteiger partial charge in [-0.25, -0.2) is 4.79 Å². The highest BCUT2D eigenvalue weighted by molar-refractivity contribution is 5.92. The lowest BCUT2D eigenvalue weighted by Crippen LogP contribution is -2.55. The number of aryl methyl sites for hydroxylation is 1. The van der Waals surface area contributed by atoms with E-state index < -0.39 is 23.8 Å². The first-order chi connectivity index (χ1) is 16.2. The Morgan fingerprint density at radius 1 is 1.11 bits per heavy atom. The third kappa shape index (κ3) is 9.04. The molecule has 196 valence electrons. The number of hydrogen-bond acceptors (Lipinski definition) is 4. The molecule has 0 saturated heterocycles. The van der Waals surface area contributed by atoms with Crippen molar-refractivity contribution in [1.82, 2.24) is 15.5 Å². The molecule has 3 unspecified atom stereocenters. The van der Waals surface area contributed by atoms with Crippen LogP contribution in [-0.4, -0.2) is 47.0 Å². The van der Waals surface area contributed by atoms with Crippen LogP contribution < -0.4 is 10.6 Å². The van der Waals surface area contributed by atoms with Crippen LogP contribution in [0.2, 0.25) is 0 Å². The summed E-state index contributed by atoms with van der Waals surface area (Å²) in [5.41, 5.74) is 2.02. The van der Waals surface area contributed by atoms with E-state index >= 15 is 0 Å². The minimum atomic E-state index is -0.877. The summed E-state index contributed by atoms with van der Waals surface area (Å²) in [4.78, 5) is 41.6. The highest BCUT2D eigenvalue weighted by Gasteiger charge is 2.38. The molecule has 0 saturated carbocycles. The van der Waals surface area contributed by atoms with Crippen LogP contribution in [0.1, 0.15) is 84.0 Å². The number of nitrogens with one attached hydrogen (secondary N) is 2. The molecule has 0 bridgehead atoms. The van der Waals surface area contributed by atoms with E-state index in [2.05, 4.69) is 24.1 Å². The van der Waals surface area contributed by atoms with Crippen LogP contribution in [0.25, 0.3) is 0 Å². The van der Waals surface area contributed by atoms with Gasteiger partial charge in [0, 0.05) is 12.6 Å². The lowest BCUT2D eigenvalue weighted by Gasteiger charge is -2.36. The Hall–Kier alpha value is -2.83. The van der Waals surface area contributed by atoms with Gasteiger partial charge in [0.2, 0.25) is 11.8 Å². The molecular weight excluding hydrogens is 442 g/mol. The van der Waals surface area contributed by atoms with Crippen LogP contribution in [-0.2, 0) is 14.3 Å². The van der Waals surface area contributed by atoms with Crippen molar-refractivity contribution in [3.8, 4) is 0 Å².